The predicted octanol–water partition coefficient (Wildman–Crippen LogP) is 1.13. The van der Waals surface area contributed by atoms with Crippen molar-refractivity contribution in [3.8, 4) is 0 Å². The van der Waals surface area contributed by atoms with E-state index in [2.05, 4.69) is 10.2 Å². The van der Waals surface area contributed by atoms with Crippen LogP contribution in [0.1, 0.15) is 5.56 Å². The van der Waals surface area contributed by atoms with E-state index >= 15 is 0 Å². The van der Waals surface area contributed by atoms with E-state index < -0.39 is 10.8 Å². The van der Waals surface area contributed by atoms with Gasteiger partial charge in [-0.3, -0.25) is 4.21 Å². The van der Waals surface area contributed by atoms with E-state index in [1.807, 2.05) is 6.07 Å². The Morgan fingerprint density at radius 3 is 2.85 bits per heavy atom. The zero-order valence-corrected chi connectivity index (χ0v) is 12.5. The Bertz CT molecular complexity index is 460. The first-order valence-corrected chi connectivity index (χ1v) is 8.28. The minimum Gasteiger partial charge on any atom is -0.383 e. The number of nitrogens with zero attached hydrogens (tertiary/aromatic N) is 1. The molecule has 112 valence electrons. The van der Waals surface area contributed by atoms with Crippen molar-refractivity contribution in [1.82, 2.24) is 5.32 Å². The monoisotopic (exact) mass is 300 g/mol. The van der Waals surface area contributed by atoms with Gasteiger partial charge >= 0.3 is 0 Å². The molecule has 0 bridgehead atoms. The lowest BCUT2D eigenvalue weighted by molar-refractivity contribution is 0.199. The SMILES string of the molecule is COCCNCc1c(F)cccc1N1CCS(=O)CC1. The topological polar surface area (TPSA) is 41.6 Å². The summed E-state index contributed by atoms with van der Waals surface area (Å²) >= 11 is 0. The Morgan fingerprint density at radius 1 is 1.40 bits per heavy atom. The van der Waals surface area contributed by atoms with Crippen molar-refractivity contribution in [2.75, 3.05) is 49.8 Å². The minimum atomic E-state index is -0.722. The van der Waals surface area contributed by atoms with Crippen LogP contribution in [0.5, 0.6) is 0 Å². The van der Waals surface area contributed by atoms with Gasteiger partial charge in [0.25, 0.3) is 0 Å². The van der Waals surface area contributed by atoms with Crippen molar-refractivity contribution >= 4 is 16.5 Å². The van der Waals surface area contributed by atoms with Gasteiger partial charge in [0.15, 0.2) is 0 Å². The van der Waals surface area contributed by atoms with Gasteiger partial charge in [-0.2, -0.15) is 0 Å². The molecule has 0 aliphatic carbocycles. The summed E-state index contributed by atoms with van der Waals surface area (Å²) in [4.78, 5) is 2.12. The van der Waals surface area contributed by atoms with Crippen molar-refractivity contribution in [2.45, 2.75) is 6.54 Å². The average molecular weight is 300 g/mol. The molecule has 4 nitrogen and oxygen atoms in total. The van der Waals surface area contributed by atoms with Gasteiger partial charge < -0.3 is 15.0 Å². The number of hydrogen-bond acceptors (Lipinski definition) is 4. The normalized spacial score (nSPS) is 16.6. The summed E-state index contributed by atoms with van der Waals surface area (Å²) in [5.74, 6) is 1.12. The molecule has 1 fully saturated rings. The lowest BCUT2D eigenvalue weighted by Crippen LogP contribution is -2.38. The molecule has 0 saturated carbocycles. The summed E-state index contributed by atoms with van der Waals surface area (Å²) in [7, 11) is 0.921. The molecule has 1 heterocycles. The first kappa shape index (κ1) is 15.4. The molecule has 1 aliphatic rings. The summed E-state index contributed by atoms with van der Waals surface area (Å²) < 4.78 is 30.4. The van der Waals surface area contributed by atoms with Gasteiger partial charge in [0.1, 0.15) is 5.82 Å². The second-order valence-corrected chi connectivity index (χ2v) is 6.44. The highest BCUT2D eigenvalue weighted by atomic mass is 32.2. The maximum atomic E-state index is 14.0. The summed E-state index contributed by atoms with van der Waals surface area (Å²) in [6.45, 7) is 3.22. The smallest absolute Gasteiger partial charge is 0.129 e. The third-order valence-electron chi connectivity index (χ3n) is 3.40. The molecule has 0 atom stereocenters. The highest BCUT2D eigenvalue weighted by Gasteiger charge is 2.19. The van der Waals surface area contributed by atoms with Crippen LogP contribution in [0.2, 0.25) is 0 Å². The standard InChI is InChI=1S/C14H21FN2O2S/c1-19-8-5-16-11-12-13(15)3-2-4-14(12)17-6-9-20(18)10-7-17/h2-4,16H,5-11H2,1H3. The molecule has 1 aromatic rings. The van der Waals surface area contributed by atoms with Gasteiger partial charge in [0.2, 0.25) is 0 Å². The molecule has 0 unspecified atom stereocenters. The maximum absolute atomic E-state index is 14.0. The fraction of sp³-hybridized carbons (Fsp3) is 0.571. The largest absolute Gasteiger partial charge is 0.383 e. The molecule has 20 heavy (non-hydrogen) atoms. The molecule has 1 N–H and O–H groups in total. The quantitative estimate of drug-likeness (QED) is 0.800. The summed E-state index contributed by atoms with van der Waals surface area (Å²) in [6.07, 6.45) is 0. The summed E-state index contributed by atoms with van der Waals surface area (Å²) in [5.41, 5.74) is 1.59. The molecule has 1 aliphatic heterocycles. The molecule has 0 aromatic heterocycles. The zero-order chi connectivity index (χ0) is 14.4. The van der Waals surface area contributed by atoms with Crippen LogP contribution in [0.15, 0.2) is 18.2 Å². The van der Waals surface area contributed by atoms with Crippen LogP contribution in [-0.4, -0.2) is 49.1 Å². The molecule has 6 heteroatoms. The van der Waals surface area contributed by atoms with Crippen LogP contribution in [0, 0.1) is 5.82 Å². The molecular weight excluding hydrogens is 279 g/mol. The second kappa shape index (κ2) is 7.71. The third kappa shape index (κ3) is 4.01. The van der Waals surface area contributed by atoms with Crippen LogP contribution in [0.3, 0.4) is 0 Å². The summed E-state index contributed by atoms with van der Waals surface area (Å²) in [6, 6.07) is 5.15. The zero-order valence-electron chi connectivity index (χ0n) is 11.7. The van der Waals surface area contributed by atoms with Crippen molar-refractivity contribution < 1.29 is 13.3 Å². The number of halogens is 1. The van der Waals surface area contributed by atoms with E-state index in [4.69, 9.17) is 4.74 Å². The predicted molar refractivity (Wildman–Crippen MR) is 80.1 cm³/mol. The number of anilines is 1. The number of ether oxygens (including phenoxy) is 1. The second-order valence-electron chi connectivity index (χ2n) is 4.74. The number of benzene rings is 1. The lowest BCUT2D eigenvalue weighted by atomic mass is 10.1. The molecular formula is C14H21FN2O2S. The highest BCUT2D eigenvalue weighted by molar-refractivity contribution is 7.85. The number of rotatable bonds is 6. The van der Waals surface area contributed by atoms with Gasteiger partial charge in [0, 0.05) is 66.8 Å². The minimum absolute atomic E-state index is 0.195. The fourth-order valence-corrected chi connectivity index (χ4v) is 3.34. The van der Waals surface area contributed by atoms with E-state index in [0.29, 0.717) is 36.8 Å². The van der Waals surface area contributed by atoms with Gasteiger partial charge in [0.05, 0.1) is 6.61 Å². The van der Waals surface area contributed by atoms with Gasteiger partial charge in [-0.1, -0.05) is 6.07 Å². The van der Waals surface area contributed by atoms with Crippen LogP contribution < -0.4 is 10.2 Å². The van der Waals surface area contributed by atoms with Crippen molar-refractivity contribution in [3.05, 3.63) is 29.6 Å². The first-order chi connectivity index (χ1) is 9.72. The van der Waals surface area contributed by atoms with E-state index in [1.54, 1.807) is 13.2 Å². The van der Waals surface area contributed by atoms with Crippen molar-refractivity contribution in [2.24, 2.45) is 0 Å². The van der Waals surface area contributed by atoms with Gasteiger partial charge in [-0.05, 0) is 12.1 Å². The molecule has 2 rings (SSSR count). The maximum Gasteiger partial charge on any atom is 0.129 e. The fourth-order valence-electron chi connectivity index (χ4n) is 2.28. The molecule has 0 spiro atoms. The number of hydrogen-bond donors (Lipinski definition) is 1. The number of methoxy groups -OCH3 is 1. The van der Waals surface area contributed by atoms with Crippen LogP contribution in [0.25, 0.3) is 0 Å². The Morgan fingerprint density at radius 2 is 2.15 bits per heavy atom. The van der Waals surface area contributed by atoms with E-state index in [0.717, 1.165) is 18.8 Å². The highest BCUT2D eigenvalue weighted by Crippen LogP contribution is 2.24. The Balaban J connectivity index is 2.07. The molecule has 1 aromatic carbocycles. The van der Waals surface area contributed by atoms with E-state index in [-0.39, 0.29) is 5.82 Å². The first-order valence-electron chi connectivity index (χ1n) is 6.79. The van der Waals surface area contributed by atoms with Crippen LogP contribution >= 0.6 is 0 Å². The Labute approximate surface area is 121 Å². The van der Waals surface area contributed by atoms with Crippen molar-refractivity contribution in [3.63, 3.8) is 0 Å². The molecule has 0 amide bonds. The number of nitrogens with one attached hydrogen (secondary N) is 1. The molecule has 0 radical (unpaired) electrons. The Hall–Kier alpha value is -0.980. The van der Waals surface area contributed by atoms with E-state index in [9.17, 15) is 8.60 Å². The van der Waals surface area contributed by atoms with Crippen LogP contribution in [0.4, 0.5) is 10.1 Å². The van der Waals surface area contributed by atoms with E-state index in [1.165, 1.54) is 6.07 Å². The average Bonchev–Trinajstić information content (AvgIpc) is 2.46. The Kier molecular flexibility index (Phi) is 5.94. The van der Waals surface area contributed by atoms with Gasteiger partial charge in [-0.25, -0.2) is 4.39 Å². The van der Waals surface area contributed by atoms with Gasteiger partial charge in [-0.15, -0.1) is 0 Å². The summed E-state index contributed by atoms with van der Waals surface area (Å²) in [5, 5.41) is 3.18. The van der Waals surface area contributed by atoms with Crippen LogP contribution in [-0.2, 0) is 22.1 Å². The third-order valence-corrected chi connectivity index (χ3v) is 4.67. The van der Waals surface area contributed by atoms with Crippen molar-refractivity contribution in [1.29, 1.82) is 0 Å². The lowest BCUT2D eigenvalue weighted by Gasteiger charge is -2.30. The molecule has 1 saturated heterocycles.